The van der Waals surface area contributed by atoms with E-state index in [9.17, 15) is 18.3 Å². The van der Waals surface area contributed by atoms with Crippen molar-refractivity contribution >= 4 is 11.6 Å². The van der Waals surface area contributed by atoms with Crippen LogP contribution in [0.15, 0.2) is 49.1 Å². The molecule has 8 nitrogen and oxygen atoms in total. The maximum absolute atomic E-state index is 14.4. The number of halogens is 4. The van der Waals surface area contributed by atoms with Crippen molar-refractivity contribution in [2.75, 3.05) is 27.2 Å². The molecule has 0 saturated carbocycles. The molecule has 0 unspecified atom stereocenters. The molecule has 0 aliphatic carbocycles. The minimum absolute atomic E-state index is 0.0814. The predicted molar refractivity (Wildman–Crippen MR) is 143 cm³/mol. The Morgan fingerprint density at radius 2 is 1.79 bits per heavy atom. The summed E-state index contributed by atoms with van der Waals surface area (Å²) in [6, 6.07) is 6.89. The number of aliphatic hydroxyl groups is 1. The van der Waals surface area contributed by atoms with Crippen molar-refractivity contribution in [2.24, 2.45) is 0 Å². The second-order valence-corrected chi connectivity index (χ2v) is 10.4. The molecule has 1 aromatic carbocycles. The first-order chi connectivity index (χ1) is 18.4. The van der Waals surface area contributed by atoms with Gasteiger partial charge in [-0.3, -0.25) is 4.68 Å². The van der Waals surface area contributed by atoms with Gasteiger partial charge in [0, 0.05) is 48.4 Å². The fourth-order valence-electron chi connectivity index (χ4n) is 4.09. The number of aryl methyl sites for hydroxylation is 1. The largest absolute Gasteiger partial charge is 0.491 e. The second-order valence-electron chi connectivity index (χ2n) is 9.98. The third-order valence-corrected chi connectivity index (χ3v) is 6.42. The van der Waals surface area contributed by atoms with Crippen LogP contribution in [0.5, 0.6) is 5.75 Å². The van der Waals surface area contributed by atoms with Gasteiger partial charge in [-0.15, -0.1) is 0 Å². The van der Waals surface area contributed by atoms with E-state index in [1.807, 2.05) is 19.0 Å². The zero-order valence-corrected chi connectivity index (χ0v) is 22.8. The Bertz CT molecular complexity index is 1410. The highest BCUT2D eigenvalue weighted by molar-refractivity contribution is 6.35. The van der Waals surface area contributed by atoms with Crippen molar-refractivity contribution in [1.82, 2.24) is 29.6 Å². The number of rotatable bonds is 10. The molecule has 2 N–H and O–H groups in total. The molecule has 0 fully saturated rings. The molecule has 0 radical (unpaired) electrons. The Kier molecular flexibility index (Phi) is 8.34. The summed E-state index contributed by atoms with van der Waals surface area (Å²) < 4.78 is 49.9. The lowest BCUT2D eigenvalue weighted by Crippen LogP contribution is -2.24. The molecule has 208 valence electrons. The van der Waals surface area contributed by atoms with Crippen LogP contribution in [0.1, 0.15) is 26.0 Å². The molecule has 0 atom stereocenters. The van der Waals surface area contributed by atoms with Crippen LogP contribution in [0, 0.1) is 0 Å². The summed E-state index contributed by atoms with van der Waals surface area (Å²) in [7, 11) is 3.85. The molecule has 39 heavy (non-hydrogen) atoms. The summed E-state index contributed by atoms with van der Waals surface area (Å²) in [5.41, 5.74) is -0.716. The molecule has 0 saturated heterocycles. The van der Waals surface area contributed by atoms with E-state index in [1.54, 1.807) is 30.5 Å². The highest BCUT2D eigenvalue weighted by Crippen LogP contribution is 2.46. The first-order valence-electron chi connectivity index (χ1n) is 12.3. The van der Waals surface area contributed by atoms with Gasteiger partial charge in [0.1, 0.15) is 12.4 Å². The summed E-state index contributed by atoms with van der Waals surface area (Å²) in [6.07, 6.45) is 1.14. The lowest BCUT2D eigenvalue weighted by atomic mass is 9.98. The van der Waals surface area contributed by atoms with E-state index in [-0.39, 0.29) is 30.0 Å². The Morgan fingerprint density at radius 3 is 2.44 bits per heavy atom. The quantitative estimate of drug-likeness (QED) is 0.255. The SMILES string of the molecule is CN(C)CCOc1cccc(-c2c[nH]c(-c3cnn(CCC(C)(C)O)c3C(F)(F)F)c2-c2ncccn2)c1Cl. The van der Waals surface area contributed by atoms with Crippen molar-refractivity contribution in [1.29, 1.82) is 0 Å². The van der Waals surface area contributed by atoms with E-state index >= 15 is 0 Å². The van der Waals surface area contributed by atoms with E-state index in [0.29, 0.717) is 40.6 Å². The predicted octanol–water partition coefficient (Wildman–Crippen LogP) is 5.78. The van der Waals surface area contributed by atoms with Crippen LogP contribution in [0.25, 0.3) is 33.8 Å². The van der Waals surface area contributed by atoms with E-state index in [2.05, 4.69) is 20.1 Å². The number of likely N-dealkylation sites (N-methyl/N-ethyl adjacent to an activating group) is 1. The highest BCUT2D eigenvalue weighted by atomic mass is 35.5. The van der Waals surface area contributed by atoms with E-state index in [0.717, 1.165) is 10.9 Å². The normalized spacial score (nSPS) is 12.4. The molecule has 3 heterocycles. The zero-order chi connectivity index (χ0) is 28.4. The average molecular weight is 563 g/mol. The van der Waals surface area contributed by atoms with Crippen LogP contribution in [0.2, 0.25) is 5.02 Å². The minimum Gasteiger partial charge on any atom is -0.491 e. The minimum atomic E-state index is -4.72. The van der Waals surface area contributed by atoms with E-state index in [4.69, 9.17) is 16.3 Å². The summed E-state index contributed by atoms with van der Waals surface area (Å²) in [6.45, 7) is 4.03. The second kappa shape index (κ2) is 11.4. The molecule has 4 rings (SSSR count). The van der Waals surface area contributed by atoms with Crippen molar-refractivity contribution in [2.45, 2.75) is 38.6 Å². The van der Waals surface area contributed by atoms with Crippen LogP contribution in [-0.4, -0.2) is 67.6 Å². The smallest absolute Gasteiger partial charge is 0.433 e. The number of aromatic nitrogens is 5. The van der Waals surface area contributed by atoms with Crippen molar-refractivity contribution < 1.29 is 23.0 Å². The topological polar surface area (TPSA) is 92.1 Å². The first-order valence-corrected chi connectivity index (χ1v) is 12.7. The zero-order valence-electron chi connectivity index (χ0n) is 22.1. The Morgan fingerprint density at radius 1 is 1.08 bits per heavy atom. The van der Waals surface area contributed by atoms with Gasteiger partial charge in [-0.2, -0.15) is 18.3 Å². The number of ether oxygens (including phenoxy) is 1. The number of aromatic amines is 1. The molecular formula is C27H30ClF3N6O2. The Labute approximate surface area is 229 Å². The Balaban J connectivity index is 1.87. The van der Waals surface area contributed by atoms with E-state index < -0.39 is 17.5 Å². The van der Waals surface area contributed by atoms with Crippen molar-refractivity contribution in [3.05, 3.63) is 59.8 Å². The summed E-state index contributed by atoms with van der Waals surface area (Å²) >= 11 is 6.75. The summed E-state index contributed by atoms with van der Waals surface area (Å²) in [5, 5.41) is 14.4. The van der Waals surface area contributed by atoms with Gasteiger partial charge < -0.3 is 19.7 Å². The third kappa shape index (κ3) is 6.60. The van der Waals surface area contributed by atoms with Crippen molar-refractivity contribution in [3.8, 4) is 39.5 Å². The van der Waals surface area contributed by atoms with Crippen LogP contribution < -0.4 is 4.74 Å². The molecule has 12 heteroatoms. The van der Waals surface area contributed by atoms with Gasteiger partial charge in [0.15, 0.2) is 11.5 Å². The maximum atomic E-state index is 14.4. The number of hydrogen-bond donors (Lipinski definition) is 2. The standard InChI is InChI=1S/C27H30ClF3N6O2/c1-26(2,38)9-12-37-24(27(29,30)31)19(16-35-37)23-21(25-32-10-6-11-33-25)18(15-34-23)17-7-5-8-20(22(17)28)39-14-13-36(3)4/h5-8,10-11,15-16,34,38H,9,12-14H2,1-4H3. The molecule has 0 bridgehead atoms. The molecule has 0 aliphatic heterocycles. The van der Waals surface area contributed by atoms with Gasteiger partial charge in [0.25, 0.3) is 0 Å². The number of nitrogens with one attached hydrogen (secondary N) is 1. The molecule has 0 aliphatic rings. The molecular weight excluding hydrogens is 533 g/mol. The number of nitrogens with zero attached hydrogens (tertiary/aromatic N) is 5. The molecule has 4 aromatic rings. The van der Waals surface area contributed by atoms with Crippen LogP contribution in [0.3, 0.4) is 0 Å². The Hall–Kier alpha value is -3.41. The van der Waals surface area contributed by atoms with Gasteiger partial charge in [-0.05, 0) is 46.5 Å². The van der Waals surface area contributed by atoms with Crippen molar-refractivity contribution in [3.63, 3.8) is 0 Å². The molecule has 0 amide bonds. The van der Waals surface area contributed by atoms with Crippen LogP contribution in [0.4, 0.5) is 13.2 Å². The van der Waals surface area contributed by atoms with Gasteiger partial charge in [-0.25, -0.2) is 9.97 Å². The lowest BCUT2D eigenvalue weighted by molar-refractivity contribution is -0.144. The van der Waals surface area contributed by atoms with Gasteiger partial charge in [0.2, 0.25) is 0 Å². The fourth-order valence-corrected chi connectivity index (χ4v) is 4.38. The molecule has 3 aromatic heterocycles. The third-order valence-electron chi connectivity index (χ3n) is 6.03. The molecule has 0 spiro atoms. The van der Waals surface area contributed by atoms with Gasteiger partial charge in [-0.1, -0.05) is 23.7 Å². The van der Waals surface area contributed by atoms with Crippen LogP contribution in [-0.2, 0) is 12.7 Å². The van der Waals surface area contributed by atoms with Crippen LogP contribution >= 0.6 is 11.6 Å². The summed E-state index contributed by atoms with van der Waals surface area (Å²) in [4.78, 5) is 13.6. The number of benzene rings is 1. The lowest BCUT2D eigenvalue weighted by Gasteiger charge is -2.19. The summed E-state index contributed by atoms with van der Waals surface area (Å²) in [5.74, 6) is 0.672. The van der Waals surface area contributed by atoms with Gasteiger partial charge >= 0.3 is 6.18 Å². The van der Waals surface area contributed by atoms with E-state index in [1.165, 1.54) is 26.2 Å². The average Bonchev–Trinajstić information content (AvgIpc) is 3.48. The number of hydrogen-bond acceptors (Lipinski definition) is 6. The van der Waals surface area contributed by atoms with Gasteiger partial charge in [0.05, 0.1) is 28.1 Å². The number of alkyl halides is 3. The fraction of sp³-hybridized carbons (Fsp3) is 0.370. The maximum Gasteiger partial charge on any atom is 0.433 e. The highest BCUT2D eigenvalue weighted by Gasteiger charge is 2.40. The monoisotopic (exact) mass is 562 g/mol. The first kappa shape index (κ1) is 28.6. The number of H-pyrrole nitrogens is 1.